The molecular formula is C22H22N2O3S. The number of carbonyl (C=O) groups excluding carboxylic acids is 1. The van der Waals surface area contributed by atoms with Gasteiger partial charge in [-0.25, -0.2) is 8.42 Å². The molecule has 0 atom stereocenters. The molecule has 0 unspecified atom stereocenters. The average Bonchev–Trinajstić information content (AvgIpc) is 2.66. The van der Waals surface area contributed by atoms with Gasteiger partial charge in [0.15, 0.2) is 0 Å². The third-order valence-corrected chi connectivity index (χ3v) is 5.78. The van der Waals surface area contributed by atoms with E-state index in [4.69, 9.17) is 0 Å². The molecule has 0 saturated heterocycles. The van der Waals surface area contributed by atoms with E-state index in [0.717, 1.165) is 11.1 Å². The van der Waals surface area contributed by atoms with Gasteiger partial charge in [-0.3, -0.25) is 9.52 Å². The second-order valence-electron chi connectivity index (χ2n) is 6.72. The molecule has 3 rings (SSSR count). The van der Waals surface area contributed by atoms with E-state index in [1.54, 1.807) is 49.4 Å². The lowest BCUT2D eigenvalue weighted by Crippen LogP contribution is -2.15. The Kier molecular flexibility index (Phi) is 5.51. The summed E-state index contributed by atoms with van der Waals surface area (Å²) in [6.07, 6.45) is 0. The highest BCUT2D eigenvalue weighted by Crippen LogP contribution is 2.24. The van der Waals surface area contributed by atoms with Gasteiger partial charge in [0.05, 0.1) is 10.6 Å². The van der Waals surface area contributed by atoms with E-state index in [2.05, 4.69) is 10.0 Å². The summed E-state index contributed by atoms with van der Waals surface area (Å²) < 4.78 is 28.1. The molecule has 0 heterocycles. The van der Waals surface area contributed by atoms with E-state index in [1.807, 2.05) is 32.0 Å². The minimum Gasteiger partial charge on any atom is -0.322 e. The van der Waals surface area contributed by atoms with Crippen molar-refractivity contribution in [3.05, 3.63) is 89.0 Å². The molecule has 3 aromatic carbocycles. The number of hydrogen-bond donors (Lipinski definition) is 2. The molecule has 0 aliphatic rings. The smallest absolute Gasteiger partial charge is 0.261 e. The van der Waals surface area contributed by atoms with E-state index < -0.39 is 10.0 Å². The van der Waals surface area contributed by atoms with Crippen molar-refractivity contribution >= 4 is 27.3 Å². The fourth-order valence-electron chi connectivity index (χ4n) is 2.86. The van der Waals surface area contributed by atoms with Gasteiger partial charge >= 0.3 is 0 Å². The van der Waals surface area contributed by atoms with Crippen molar-refractivity contribution in [2.75, 3.05) is 10.0 Å². The molecule has 0 aliphatic heterocycles. The van der Waals surface area contributed by atoms with Crippen molar-refractivity contribution in [3.63, 3.8) is 0 Å². The molecule has 0 saturated carbocycles. The third-order valence-electron chi connectivity index (χ3n) is 4.42. The van der Waals surface area contributed by atoms with Crippen LogP contribution in [-0.2, 0) is 10.0 Å². The largest absolute Gasteiger partial charge is 0.322 e. The minimum absolute atomic E-state index is 0.141. The standard InChI is InChI=1S/C22H22N2O3S/c1-15-9-11-21(16(2)13-15)24-28(26,27)19-10-12-20(17(3)14-19)23-22(25)18-7-5-4-6-8-18/h4-14,24H,1-3H3,(H,23,25). The maximum Gasteiger partial charge on any atom is 0.261 e. The summed E-state index contributed by atoms with van der Waals surface area (Å²) in [5.41, 5.74) is 4.23. The minimum atomic E-state index is -3.73. The molecule has 0 aromatic heterocycles. The van der Waals surface area contributed by atoms with Gasteiger partial charge < -0.3 is 5.32 Å². The van der Waals surface area contributed by atoms with Crippen LogP contribution in [0.15, 0.2) is 71.6 Å². The van der Waals surface area contributed by atoms with Crippen molar-refractivity contribution in [1.29, 1.82) is 0 Å². The summed E-state index contributed by atoms with van der Waals surface area (Å²) in [5.74, 6) is -0.243. The van der Waals surface area contributed by atoms with Gasteiger partial charge in [0.2, 0.25) is 0 Å². The molecule has 0 bridgehead atoms. The second-order valence-corrected chi connectivity index (χ2v) is 8.40. The molecule has 28 heavy (non-hydrogen) atoms. The van der Waals surface area contributed by atoms with E-state index in [-0.39, 0.29) is 10.8 Å². The normalized spacial score (nSPS) is 11.1. The molecule has 2 N–H and O–H groups in total. The Labute approximate surface area is 165 Å². The van der Waals surface area contributed by atoms with Crippen LogP contribution in [0.1, 0.15) is 27.0 Å². The summed E-state index contributed by atoms with van der Waals surface area (Å²) in [6, 6.07) is 19.0. The van der Waals surface area contributed by atoms with Crippen LogP contribution in [0.25, 0.3) is 0 Å². The van der Waals surface area contributed by atoms with E-state index in [9.17, 15) is 13.2 Å². The van der Waals surface area contributed by atoms with Crippen LogP contribution in [0.3, 0.4) is 0 Å². The molecule has 0 aliphatic carbocycles. The maximum atomic E-state index is 12.7. The van der Waals surface area contributed by atoms with Gasteiger partial charge in [-0.05, 0) is 68.3 Å². The first kappa shape index (κ1) is 19.6. The molecule has 3 aromatic rings. The highest BCUT2D eigenvalue weighted by molar-refractivity contribution is 7.92. The fraction of sp³-hybridized carbons (Fsp3) is 0.136. The monoisotopic (exact) mass is 394 g/mol. The third kappa shape index (κ3) is 4.40. The number of benzene rings is 3. The summed E-state index contributed by atoms with van der Waals surface area (Å²) in [4.78, 5) is 12.5. The molecule has 144 valence electrons. The Morgan fingerprint density at radius 2 is 1.43 bits per heavy atom. The van der Waals surface area contributed by atoms with Gasteiger partial charge in [0.25, 0.3) is 15.9 Å². The first-order valence-corrected chi connectivity index (χ1v) is 10.3. The van der Waals surface area contributed by atoms with Crippen LogP contribution in [0.2, 0.25) is 0 Å². The lowest BCUT2D eigenvalue weighted by molar-refractivity contribution is 0.102. The lowest BCUT2D eigenvalue weighted by Gasteiger charge is -2.13. The zero-order chi connectivity index (χ0) is 20.3. The van der Waals surface area contributed by atoms with Gasteiger partial charge in [-0.15, -0.1) is 0 Å². The molecular weight excluding hydrogens is 372 g/mol. The number of sulfonamides is 1. The molecule has 0 spiro atoms. The number of nitrogens with one attached hydrogen (secondary N) is 2. The van der Waals surface area contributed by atoms with Gasteiger partial charge in [0.1, 0.15) is 0 Å². The zero-order valence-corrected chi connectivity index (χ0v) is 16.8. The lowest BCUT2D eigenvalue weighted by atomic mass is 10.1. The molecule has 0 fully saturated rings. The first-order chi connectivity index (χ1) is 13.3. The number of rotatable bonds is 5. The topological polar surface area (TPSA) is 75.3 Å². The number of aryl methyl sites for hydroxylation is 3. The van der Waals surface area contributed by atoms with Gasteiger partial charge in [0, 0.05) is 11.3 Å². The summed E-state index contributed by atoms with van der Waals surface area (Å²) >= 11 is 0. The van der Waals surface area contributed by atoms with Crippen LogP contribution >= 0.6 is 0 Å². The summed E-state index contributed by atoms with van der Waals surface area (Å²) in [6.45, 7) is 5.58. The van der Waals surface area contributed by atoms with Crippen LogP contribution in [-0.4, -0.2) is 14.3 Å². The zero-order valence-electron chi connectivity index (χ0n) is 16.0. The number of anilines is 2. The van der Waals surface area contributed by atoms with Crippen LogP contribution < -0.4 is 10.0 Å². The van der Waals surface area contributed by atoms with Crippen molar-refractivity contribution in [2.24, 2.45) is 0 Å². The summed E-state index contributed by atoms with van der Waals surface area (Å²) in [5, 5.41) is 2.82. The number of carbonyl (C=O) groups is 1. The maximum absolute atomic E-state index is 12.7. The quantitative estimate of drug-likeness (QED) is 0.661. The number of hydrogen-bond acceptors (Lipinski definition) is 3. The van der Waals surface area contributed by atoms with E-state index in [1.165, 1.54) is 6.07 Å². The SMILES string of the molecule is Cc1ccc(NS(=O)(=O)c2ccc(NC(=O)c3ccccc3)c(C)c2)c(C)c1. The Morgan fingerprint density at radius 1 is 0.786 bits per heavy atom. The summed E-state index contributed by atoms with van der Waals surface area (Å²) in [7, 11) is -3.73. The predicted octanol–water partition coefficient (Wildman–Crippen LogP) is 4.66. The Balaban J connectivity index is 1.82. The predicted molar refractivity (Wildman–Crippen MR) is 112 cm³/mol. The first-order valence-electron chi connectivity index (χ1n) is 8.83. The average molecular weight is 394 g/mol. The molecule has 1 amide bonds. The van der Waals surface area contributed by atoms with Crippen LogP contribution in [0.5, 0.6) is 0 Å². The van der Waals surface area contributed by atoms with Crippen molar-refractivity contribution in [2.45, 2.75) is 25.7 Å². The van der Waals surface area contributed by atoms with E-state index >= 15 is 0 Å². The second kappa shape index (κ2) is 7.86. The van der Waals surface area contributed by atoms with Crippen molar-refractivity contribution in [3.8, 4) is 0 Å². The van der Waals surface area contributed by atoms with Crippen LogP contribution in [0, 0.1) is 20.8 Å². The van der Waals surface area contributed by atoms with Crippen molar-refractivity contribution in [1.82, 2.24) is 0 Å². The Bertz CT molecular complexity index is 1120. The molecule has 6 heteroatoms. The highest BCUT2D eigenvalue weighted by atomic mass is 32.2. The highest BCUT2D eigenvalue weighted by Gasteiger charge is 2.17. The molecule has 0 radical (unpaired) electrons. The molecule has 5 nitrogen and oxygen atoms in total. The van der Waals surface area contributed by atoms with Gasteiger partial charge in [-0.1, -0.05) is 35.9 Å². The Morgan fingerprint density at radius 3 is 2.07 bits per heavy atom. The Hall–Kier alpha value is -3.12. The van der Waals surface area contributed by atoms with Crippen LogP contribution in [0.4, 0.5) is 11.4 Å². The van der Waals surface area contributed by atoms with E-state index in [0.29, 0.717) is 22.5 Å². The number of amides is 1. The fourth-order valence-corrected chi connectivity index (χ4v) is 4.07. The van der Waals surface area contributed by atoms with Gasteiger partial charge in [-0.2, -0.15) is 0 Å². The van der Waals surface area contributed by atoms with Crippen molar-refractivity contribution < 1.29 is 13.2 Å².